The molecule has 3 N–H and O–H groups in total. The van der Waals surface area contributed by atoms with Gasteiger partial charge in [-0.15, -0.1) is 0 Å². The summed E-state index contributed by atoms with van der Waals surface area (Å²) in [5, 5.41) is 9.52. The van der Waals surface area contributed by atoms with Crippen LogP contribution in [-0.2, 0) is 20.8 Å². The summed E-state index contributed by atoms with van der Waals surface area (Å²) >= 11 is 0. The Morgan fingerprint density at radius 1 is 1.18 bits per heavy atom. The number of nitrogens with zero attached hydrogens (tertiary/aromatic N) is 1. The molecule has 0 aliphatic heterocycles. The number of carbonyl (C=O) groups excluding carboxylic acids is 1. The predicted molar refractivity (Wildman–Crippen MR) is 115 cm³/mol. The van der Waals surface area contributed by atoms with Gasteiger partial charge >= 0.3 is 0 Å². The molecule has 28 heavy (non-hydrogen) atoms. The molecule has 7 heteroatoms. The normalized spacial score (nSPS) is 12.5. The summed E-state index contributed by atoms with van der Waals surface area (Å²) in [6.07, 6.45) is 1.72. The van der Waals surface area contributed by atoms with Gasteiger partial charge in [0.25, 0.3) is 0 Å². The van der Waals surface area contributed by atoms with E-state index in [1.165, 1.54) is 0 Å². The number of guanidine groups is 1. The van der Waals surface area contributed by atoms with Gasteiger partial charge in [0.1, 0.15) is 0 Å². The predicted octanol–water partition coefficient (Wildman–Crippen LogP) is 2.78. The molecule has 1 atom stereocenters. The van der Waals surface area contributed by atoms with E-state index in [9.17, 15) is 4.79 Å². The molecule has 7 nitrogen and oxygen atoms in total. The van der Waals surface area contributed by atoms with E-state index in [0.717, 1.165) is 43.1 Å². The van der Waals surface area contributed by atoms with Crippen molar-refractivity contribution in [3.8, 4) is 0 Å². The van der Waals surface area contributed by atoms with Crippen LogP contribution in [-0.4, -0.2) is 51.9 Å². The van der Waals surface area contributed by atoms with Gasteiger partial charge in [-0.05, 0) is 37.5 Å². The highest BCUT2D eigenvalue weighted by Crippen LogP contribution is 2.13. The van der Waals surface area contributed by atoms with Gasteiger partial charge in [0, 0.05) is 38.4 Å². The minimum Gasteiger partial charge on any atom is -0.382 e. The lowest BCUT2D eigenvalue weighted by Gasteiger charge is -2.12. The number of aliphatic imine (C=N–C) groups is 1. The Kier molecular flexibility index (Phi) is 12.7. The first-order chi connectivity index (χ1) is 13.6. The molecule has 0 saturated carbocycles. The summed E-state index contributed by atoms with van der Waals surface area (Å²) in [6, 6.07) is 7.82. The molecule has 0 fully saturated rings. The van der Waals surface area contributed by atoms with Crippen molar-refractivity contribution >= 4 is 17.6 Å². The van der Waals surface area contributed by atoms with E-state index < -0.39 is 0 Å². The summed E-state index contributed by atoms with van der Waals surface area (Å²) in [4.78, 5) is 16.7. The van der Waals surface area contributed by atoms with Crippen molar-refractivity contribution in [2.75, 3.05) is 45.3 Å². The maximum Gasteiger partial charge on any atom is 0.227 e. The maximum atomic E-state index is 12.1. The Morgan fingerprint density at radius 3 is 2.71 bits per heavy atom. The Labute approximate surface area is 169 Å². The minimum atomic E-state index is 0.00436. The largest absolute Gasteiger partial charge is 0.382 e. The molecule has 0 heterocycles. The van der Waals surface area contributed by atoms with Crippen molar-refractivity contribution in [1.82, 2.24) is 10.6 Å². The van der Waals surface area contributed by atoms with Gasteiger partial charge in [-0.1, -0.05) is 26.0 Å². The summed E-state index contributed by atoms with van der Waals surface area (Å²) < 4.78 is 10.4. The quantitative estimate of drug-likeness (QED) is 0.273. The van der Waals surface area contributed by atoms with Crippen LogP contribution in [0.1, 0.15) is 39.2 Å². The summed E-state index contributed by atoms with van der Waals surface area (Å²) in [5.74, 6) is 0.823. The highest BCUT2D eigenvalue weighted by Gasteiger charge is 2.10. The molecule has 0 aliphatic rings. The van der Waals surface area contributed by atoms with Crippen LogP contribution in [0.5, 0.6) is 0 Å². The monoisotopic (exact) mass is 392 g/mol. The number of benzene rings is 1. The fraction of sp³-hybridized carbons (Fsp3) is 0.619. The number of carbonyl (C=O) groups is 1. The number of anilines is 1. The van der Waals surface area contributed by atoms with E-state index in [1.54, 1.807) is 7.11 Å². The third-order valence-corrected chi connectivity index (χ3v) is 4.21. The average Bonchev–Trinajstić information content (AvgIpc) is 2.70. The first kappa shape index (κ1) is 23.9. The van der Waals surface area contributed by atoms with Gasteiger partial charge in [-0.2, -0.15) is 0 Å². The van der Waals surface area contributed by atoms with Crippen molar-refractivity contribution in [3.63, 3.8) is 0 Å². The lowest BCUT2D eigenvalue weighted by molar-refractivity contribution is -0.119. The maximum absolute atomic E-state index is 12.1. The SMILES string of the molecule is CCNC(=NCc1cccc(NC(=O)C(C)CC)c1)NCCCOCCOC. The third kappa shape index (κ3) is 10.3. The number of methoxy groups -OCH3 is 1. The van der Waals surface area contributed by atoms with E-state index in [4.69, 9.17) is 9.47 Å². The zero-order valence-corrected chi connectivity index (χ0v) is 17.7. The number of hydrogen-bond acceptors (Lipinski definition) is 4. The molecular weight excluding hydrogens is 356 g/mol. The average molecular weight is 393 g/mol. The highest BCUT2D eigenvalue weighted by molar-refractivity contribution is 5.92. The first-order valence-electron chi connectivity index (χ1n) is 10.1. The number of hydrogen-bond donors (Lipinski definition) is 3. The zero-order chi connectivity index (χ0) is 20.6. The van der Waals surface area contributed by atoms with Gasteiger partial charge < -0.3 is 25.4 Å². The van der Waals surface area contributed by atoms with E-state index >= 15 is 0 Å². The van der Waals surface area contributed by atoms with Crippen LogP contribution >= 0.6 is 0 Å². The number of amides is 1. The van der Waals surface area contributed by atoms with Gasteiger partial charge in [-0.25, -0.2) is 4.99 Å². The van der Waals surface area contributed by atoms with Gasteiger partial charge in [-0.3, -0.25) is 4.79 Å². The first-order valence-corrected chi connectivity index (χ1v) is 10.1. The smallest absolute Gasteiger partial charge is 0.227 e. The van der Waals surface area contributed by atoms with Crippen LogP contribution < -0.4 is 16.0 Å². The Bertz CT molecular complexity index is 593. The second kappa shape index (κ2) is 14.9. The molecule has 1 amide bonds. The standard InChI is InChI=1S/C21H36N4O3/c1-5-17(3)20(26)25-19-10-7-9-18(15-19)16-24-21(22-6-2)23-11-8-12-28-14-13-27-4/h7,9-10,15,17H,5-6,8,11-14,16H2,1-4H3,(H,25,26)(H2,22,23,24). The topological polar surface area (TPSA) is 84.0 Å². The van der Waals surface area contributed by atoms with Crippen LogP contribution in [0.25, 0.3) is 0 Å². The van der Waals surface area contributed by atoms with Crippen molar-refractivity contribution < 1.29 is 14.3 Å². The molecule has 1 aromatic rings. The minimum absolute atomic E-state index is 0.00436. The van der Waals surface area contributed by atoms with Crippen molar-refractivity contribution in [3.05, 3.63) is 29.8 Å². The zero-order valence-electron chi connectivity index (χ0n) is 17.7. The summed E-state index contributed by atoms with van der Waals surface area (Å²) in [7, 11) is 1.67. The van der Waals surface area contributed by atoms with Crippen molar-refractivity contribution in [2.45, 2.75) is 40.2 Å². The molecule has 0 radical (unpaired) electrons. The highest BCUT2D eigenvalue weighted by atomic mass is 16.5. The van der Waals surface area contributed by atoms with Crippen LogP contribution in [0, 0.1) is 5.92 Å². The van der Waals surface area contributed by atoms with Gasteiger partial charge in [0.15, 0.2) is 5.96 Å². The molecule has 0 spiro atoms. The van der Waals surface area contributed by atoms with E-state index in [-0.39, 0.29) is 11.8 Å². The Balaban J connectivity index is 2.50. The summed E-state index contributed by atoms with van der Waals surface area (Å²) in [5.41, 5.74) is 1.85. The molecule has 0 aliphatic carbocycles. The van der Waals surface area contributed by atoms with Crippen LogP contribution in [0.2, 0.25) is 0 Å². The number of rotatable bonds is 13. The molecule has 0 bridgehead atoms. The second-order valence-electron chi connectivity index (χ2n) is 6.58. The molecular formula is C21H36N4O3. The van der Waals surface area contributed by atoms with Crippen LogP contribution in [0.15, 0.2) is 29.3 Å². The molecule has 158 valence electrons. The number of nitrogens with one attached hydrogen (secondary N) is 3. The Hall–Kier alpha value is -2.12. The fourth-order valence-corrected chi connectivity index (χ4v) is 2.34. The lowest BCUT2D eigenvalue weighted by atomic mass is 10.1. The molecule has 1 unspecified atom stereocenters. The van der Waals surface area contributed by atoms with Crippen molar-refractivity contribution in [2.24, 2.45) is 10.9 Å². The van der Waals surface area contributed by atoms with Crippen molar-refractivity contribution in [1.29, 1.82) is 0 Å². The number of ether oxygens (including phenoxy) is 2. The molecule has 0 saturated heterocycles. The third-order valence-electron chi connectivity index (χ3n) is 4.21. The fourth-order valence-electron chi connectivity index (χ4n) is 2.34. The molecule has 1 aromatic carbocycles. The van der Waals surface area contributed by atoms with E-state index in [2.05, 4.69) is 20.9 Å². The van der Waals surface area contributed by atoms with Gasteiger partial charge in [0.2, 0.25) is 5.91 Å². The molecule has 0 aromatic heterocycles. The second-order valence-corrected chi connectivity index (χ2v) is 6.58. The van der Waals surface area contributed by atoms with Gasteiger partial charge in [0.05, 0.1) is 19.8 Å². The van der Waals surface area contributed by atoms with Crippen LogP contribution in [0.3, 0.4) is 0 Å². The van der Waals surface area contributed by atoms with Crippen LogP contribution in [0.4, 0.5) is 5.69 Å². The summed E-state index contributed by atoms with van der Waals surface area (Å²) in [6.45, 7) is 10.0. The lowest BCUT2D eigenvalue weighted by Crippen LogP contribution is -2.38. The van der Waals surface area contributed by atoms with E-state index in [1.807, 2.05) is 45.0 Å². The molecule has 1 rings (SSSR count). The Morgan fingerprint density at radius 2 is 2.00 bits per heavy atom. The van der Waals surface area contributed by atoms with E-state index in [0.29, 0.717) is 26.4 Å².